The second-order valence-electron chi connectivity index (χ2n) is 0.886. The summed E-state index contributed by atoms with van der Waals surface area (Å²) in [6.45, 7) is 0. The normalized spacial score (nSPS) is 8.70. The summed E-state index contributed by atoms with van der Waals surface area (Å²) in [6, 6.07) is 0. The van der Waals surface area contributed by atoms with Gasteiger partial charge in [-0.25, -0.2) is 4.79 Å². The fourth-order valence-electron chi connectivity index (χ4n) is 0. The Balaban J connectivity index is 0. The number of carbonyl (C=O) groups is 1. The molecule has 0 spiro atoms. The highest BCUT2D eigenvalue weighted by Crippen LogP contribution is 2.13. The molecule has 0 radical (unpaired) electrons. The van der Waals surface area contributed by atoms with E-state index < -0.39 is 12.1 Å². The third-order valence-electron chi connectivity index (χ3n) is 0.243. The minimum absolute atomic E-state index is 0.250. The zero-order valence-corrected chi connectivity index (χ0v) is 4.31. The first-order chi connectivity index (χ1) is 4.36. The van der Waals surface area contributed by atoms with Crippen LogP contribution in [0.5, 0.6) is 0 Å². The van der Waals surface area contributed by atoms with E-state index in [9.17, 15) is 13.2 Å². The van der Waals surface area contributed by atoms with Crippen molar-refractivity contribution in [3.05, 3.63) is 0 Å². The second-order valence-corrected chi connectivity index (χ2v) is 0.886. The van der Waals surface area contributed by atoms with E-state index in [0.29, 0.717) is 0 Å². The third-order valence-corrected chi connectivity index (χ3v) is 0.243. The molecule has 0 aromatic carbocycles. The van der Waals surface area contributed by atoms with Crippen LogP contribution in [-0.2, 0) is 14.4 Å². The van der Waals surface area contributed by atoms with Crippen LogP contribution in [0, 0.1) is 0 Å². The molecule has 0 fully saturated rings. The first-order valence-corrected chi connectivity index (χ1v) is 1.65. The summed E-state index contributed by atoms with van der Waals surface area (Å²) in [5.41, 5.74) is 0. The SMILES string of the molecule is O=C(O)C(F)(F)F.O=C=O. The number of carbonyl (C=O) groups excluding carboxylic acids is 2. The minimum Gasteiger partial charge on any atom is -0.475 e. The Bertz CT molecular complexity index is 142. The van der Waals surface area contributed by atoms with Crippen molar-refractivity contribution < 1.29 is 32.7 Å². The molecular weight excluding hydrogens is 157 g/mol. The van der Waals surface area contributed by atoms with E-state index in [1.807, 2.05) is 0 Å². The van der Waals surface area contributed by atoms with Crippen molar-refractivity contribution in [1.29, 1.82) is 0 Å². The molecule has 0 aromatic heterocycles. The van der Waals surface area contributed by atoms with Gasteiger partial charge in [0.25, 0.3) is 0 Å². The lowest BCUT2D eigenvalue weighted by Gasteiger charge is -1.93. The van der Waals surface area contributed by atoms with Crippen LogP contribution < -0.4 is 0 Å². The Hall–Kier alpha value is -1.36. The smallest absolute Gasteiger partial charge is 0.475 e. The number of carboxylic acids is 1. The molecule has 0 aliphatic carbocycles. The highest BCUT2D eigenvalue weighted by atomic mass is 19.4. The number of hydrogen-bond donors (Lipinski definition) is 1. The molecule has 0 rings (SSSR count). The van der Waals surface area contributed by atoms with Gasteiger partial charge in [-0.15, -0.1) is 0 Å². The van der Waals surface area contributed by atoms with E-state index in [4.69, 9.17) is 19.5 Å². The summed E-state index contributed by atoms with van der Waals surface area (Å²) in [4.78, 5) is 25.1. The number of aliphatic carboxylic acids is 1. The Labute approximate surface area is 52.3 Å². The van der Waals surface area contributed by atoms with Gasteiger partial charge in [-0.3, -0.25) is 0 Å². The van der Waals surface area contributed by atoms with Crippen LogP contribution in [0.2, 0.25) is 0 Å². The van der Waals surface area contributed by atoms with Gasteiger partial charge < -0.3 is 5.11 Å². The van der Waals surface area contributed by atoms with E-state index in [1.165, 1.54) is 0 Å². The number of rotatable bonds is 0. The van der Waals surface area contributed by atoms with Crippen molar-refractivity contribution in [2.24, 2.45) is 0 Å². The maximum atomic E-state index is 10.6. The van der Waals surface area contributed by atoms with E-state index >= 15 is 0 Å². The number of carboxylic acid groups (broad SMARTS) is 1. The van der Waals surface area contributed by atoms with E-state index in [1.54, 1.807) is 0 Å². The molecule has 1 N–H and O–H groups in total. The van der Waals surface area contributed by atoms with Gasteiger partial charge in [0.2, 0.25) is 0 Å². The van der Waals surface area contributed by atoms with Crippen molar-refractivity contribution in [3.8, 4) is 0 Å². The van der Waals surface area contributed by atoms with Crippen LogP contribution in [0.15, 0.2) is 0 Å². The van der Waals surface area contributed by atoms with Gasteiger partial charge >= 0.3 is 18.3 Å². The average molecular weight is 158 g/mol. The fourth-order valence-corrected chi connectivity index (χ4v) is 0. The van der Waals surface area contributed by atoms with Gasteiger partial charge in [0.1, 0.15) is 0 Å². The van der Waals surface area contributed by atoms with Gasteiger partial charge in [-0.2, -0.15) is 22.8 Å². The summed E-state index contributed by atoms with van der Waals surface area (Å²) >= 11 is 0. The third kappa shape index (κ3) is 9.81. The number of halogens is 3. The van der Waals surface area contributed by atoms with Crippen molar-refractivity contribution in [2.75, 3.05) is 0 Å². The first-order valence-electron chi connectivity index (χ1n) is 1.65. The van der Waals surface area contributed by atoms with Crippen LogP contribution in [0.25, 0.3) is 0 Å². The van der Waals surface area contributed by atoms with Crippen LogP contribution in [-0.4, -0.2) is 23.4 Å². The van der Waals surface area contributed by atoms with Crippen molar-refractivity contribution in [1.82, 2.24) is 0 Å². The molecular formula is C3HF3O4. The van der Waals surface area contributed by atoms with Gasteiger partial charge in [-0.05, 0) is 0 Å². The Morgan fingerprint density at radius 2 is 1.40 bits per heavy atom. The fraction of sp³-hybridized carbons (Fsp3) is 0.333. The number of hydrogen-bond acceptors (Lipinski definition) is 3. The lowest BCUT2D eigenvalue weighted by atomic mass is 10.7. The molecule has 0 heterocycles. The van der Waals surface area contributed by atoms with Gasteiger partial charge in [-0.1, -0.05) is 0 Å². The average Bonchev–Trinajstić information content (AvgIpc) is 1.64. The molecule has 0 amide bonds. The summed E-state index contributed by atoms with van der Waals surface area (Å²) in [5, 5.41) is 7.12. The molecule has 0 unspecified atom stereocenters. The maximum absolute atomic E-state index is 10.6. The zero-order chi connectivity index (χ0) is 8.78. The second kappa shape index (κ2) is 4.51. The predicted octanol–water partition coefficient (Wildman–Crippen LogP) is 0.0498. The van der Waals surface area contributed by atoms with Crippen LogP contribution in [0.4, 0.5) is 13.2 Å². The standard InChI is InChI=1S/C2HF3O2.CO2/c3-2(4,5)1(6)7;2-1-3/h(H,6,7);. The van der Waals surface area contributed by atoms with Gasteiger partial charge in [0.15, 0.2) is 0 Å². The summed E-state index contributed by atoms with van der Waals surface area (Å²) in [5.74, 6) is -2.76. The molecule has 0 saturated heterocycles. The Morgan fingerprint density at radius 3 is 1.40 bits per heavy atom. The molecule has 4 nitrogen and oxygen atoms in total. The van der Waals surface area contributed by atoms with Crippen molar-refractivity contribution in [3.63, 3.8) is 0 Å². The first kappa shape index (κ1) is 11.4. The van der Waals surface area contributed by atoms with Gasteiger partial charge in [0, 0.05) is 0 Å². The van der Waals surface area contributed by atoms with Crippen molar-refractivity contribution >= 4 is 12.1 Å². The molecule has 58 valence electrons. The minimum atomic E-state index is -5.08. The summed E-state index contributed by atoms with van der Waals surface area (Å²) in [6.07, 6.45) is -4.83. The molecule has 0 bridgehead atoms. The molecule has 0 atom stereocenters. The summed E-state index contributed by atoms with van der Waals surface area (Å²) in [7, 11) is 0. The molecule has 0 aliphatic heterocycles. The number of alkyl halides is 3. The van der Waals surface area contributed by atoms with E-state index in [2.05, 4.69) is 0 Å². The van der Waals surface area contributed by atoms with E-state index in [0.717, 1.165) is 0 Å². The van der Waals surface area contributed by atoms with E-state index in [-0.39, 0.29) is 6.15 Å². The lowest BCUT2D eigenvalue weighted by Crippen LogP contribution is -2.21. The lowest BCUT2D eigenvalue weighted by molar-refractivity contribution is -0.193. The van der Waals surface area contributed by atoms with Crippen molar-refractivity contribution in [2.45, 2.75) is 6.18 Å². The quantitative estimate of drug-likeness (QED) is 0.540. The van der Waals surface area contributed by atoms with Crippen LogP contribution in [0.3, 0.4) is 0 Å². The largest absolute Gasteiger partial charge is 0.490 e. The predicted molar refractivity (Wildman–Crippen MR) is 18.7 cm³/mol. The molecule has 0 aromatic rings. The topological polar surface area (TPSA) is 71.4 Å². The van der Waals surface area contributed by atoms with Gasteiger partial charge in [0.05, 0.1) is 0 Å². The summed E-state index contributed by atoms with van der Waals surface area (Å²) < 4.78 is 31.7. The Kier molecular flexibility index (Phi) is 5.16. The molecule has 0 saturated carbocycles. The highest BCUT2D eigenvalue weighted by molar-refractivity contribution is 5.73. The van der Waals surface area contributed by atoms with Crippen LogP contribution in [0.1, 0.15) is 0 Å². The van der Waals surface area contributed by atoms with Crippen LogP contribution >= 0.6 is 0 Å². The molecule has 7 heteroatoms. The molecule has 0 aliphatic rings. The zero-order valence-electron chi connectivity index (χ0n) is 4.31. The Morgan fingerprint density at radius 1 is 1.30 bits per heavy atom. The molecule has 10 heavy (non-hydrogen) atoms. The maximum Gasteiger partial charge on any atom is 0.490 e. The monoisotopic (exact) mass is 158 g/mol. The highest BCUT2D eigenvalue weighted by Gasteiger charge is 2.38.